The number of ketones is 1. The molecule has 2 nitrogen and oxygen atoms in total. The molecule has 26 heavy (non-hydrogen) atoms. The maximum absolute atomic E-state index is 16.6. The minimum Gasteiger partial charge on any atom is -0.290 e. The Morgan fingerprint density at radius 2 is 1.65 bits per heavy atom. The zero-order chi connectivity index (χ0) is 18.6. The van der Waals surface area contributed by atoms with Crippen LogP contribution in [0.4, 0.5) is 4.39 Å². The second kappa shape index (κ2) is 7.75. The summed E-state index contributed by atoms with van der Waals surface area (Å²) in [6.45, 7) is 3.79. The lowest BCUT2D eigenvalue weighted by molar-refractivity contribution is 0.0625. The van der Waals surface area contributed by atoms with Crippen molar-refractivity contribution in [1.82, 2.24) is 4.98 Å². The first-order valence-corrected chi connectivity index (χ1v) is 8.95. The van der Waals surface area contributed by atoms with Gasteiger partial charge in [0, 0.05) is 22.2 Å². The van der Waals surface area contributed by atoms with Gasteiger partial charge in [0.2, 0.25) is 11.5 Å². The highest BCUT2D eigenvalue weighted by atomic mass is 79.9. The molecule has 0 fully saturated rings. The second-order valence-electron chi connectivity index (χ2n) is 5.89. The van der Waals surface area contributed by atoms with Gasteiger partial charge in [-0.25, -0.2) is 4.39 Å². The SMILES string of the molecule is C=C[C@@H](c1ccccc1)[C@](F)(C(=O)c1ccccc1)c1ccc(Br)cn1. The molecule has 0 N–H and O–H groups in total. The van der Waals surface area contributed by atoms with Crippen LogP contribution in [0, 0.1) is 0 Å². The van der Waals surface area contributed by atoms with Crippen molar-refractivity contribution in [3.8, 4) is 0 Å². The summed E-state index contributed by atoms with van der Waals surface area (Å²) in [7, 11) is 0. The van der Waals surface area contributed by atoms with Gasteiger partial charge >= 0.3 is 0 Å². The van der Waals surface area contributed by atoms with E-state index in [4.69, 9.17) is 0 Å². The molecule has 0 aliphatic heterocycles. The van der Waals surface area contributed by atoms with E-state index in [0.29, 0.717) is 15.6 Å². The minimum atomic E-state index is -2.37. The first kappa shape index (κ1) is 18.2. The number of hydrogen-bond acceptors (Lipinski definition) is 2. The van der Waals surface area contributed by atoms with Gasteiger partial charge in [0.25, 0.3) is 0 Å². The fraction of sp³-hybridized carbons (Fsp3) is 0.0909. The summed E-state index contributed by atoms with van der Waals surface area (Å²) < 4.78 is 17.3. The van der Waals surface area contributed by atoms with E-state index in [0.717, 1.165) is 0 Å². The number of pyridine rings is 1. The van der Waals surface area contributed by atoms with E-state index in [9.17, 15) is 4.79 Å². The maximum Gasteiger partial charge on any atom is 0.225 e. The summed E-state index contributed by atoms with van der Waals surface area (Å²) in [4.78, 5) is 17.5. The first-order chi connectivity index (χ1) is 12.6. The second-order valence-corrected chi connectivity index (χ2v) is 6.81. The monoisotopic (exact) mass is 409 g/mol. The van der Waals surface area contributed by atoms with Crippen molar-refractivity contribution < 1.29 is 9.18 Å². The van der Waals surface area contributed by atoms with Crippen LogP contribution >= 0.6 is 15.9 Å². The van der Waals surface area contributed by atoms with Gasteiger partial charge in [0.15, 0.2) is 0 Å². The average molecular weight is 410 g/mol. The Hall–Kier alpha value is -2.59. The zero-order valence-corrected chi connectivity index (χ0v) is 15.6. The lowest BCUT2D eigenvalue weighted by Crippen LogP contribution is -2.38. The van der Waals surface area contributed by atoms with Gasteiger partial charge in [0.1, 0.15) is 0 Å². The third-order valence-corrected chi connectivity index (χ3v) is 4.76. The Labute approximate surface area is 160 Å². The molecule has 0 spiro atoms. The number of alkyl halides is 1. The number of hydrogen-bond donors (Lipinski definition) is 0. The van der Waals surface area contributed by atoms with Gasteiger partial charge in [-0.2, -0.15) is 0 Å². The highest BCUT2D eigenvalue weighted by molar-refractivity contribution is 9.10. The molecule has 1 aromatic heterocycles. The summed E-state index contributed by atoms with van der Waals surface area (Å²) >= 11 is 3.30. The Morgan fingerprint density at radius 1 is 1.04 bits per heavy atom. The Morgan fingerprint density at radius 3 is 2.19 bits per heavy atom. The molecule has 0 amide bonds. The van der Waals surface area contributed by atoms with Crippen molar-refractivity contribution in [2.24, 2.45) is 0 Å². The molecule has 2 aromatic carbocycles. The largest absolute Gasteiger partial charge is 0.290 e. The summed E-state index contributed by atoms with van der Waals surface area (Å²) in [5, 5.41) is 0. The molecule has 0 radical (unpaired) electrons. The fourth-order valence-electron chi connectivity index (χ4n) is 3.00. The summed E-state index contributed by atoms with van der Waals surface area (Å²) in [5.41, 5.74) is -1.35. The summed E-state index contributed by atoms with van der Waals surface area (Å²) in [5.74, 6) is -1.51. The number of aromatic nitrogens is 1. The van der Waals surface area contributed by atoms with E-state index in [2.05, 4.69) is 27.5 Å². The number of rotatable bonds is 6. The van der Waals surface area contributed by atoms with Crippen LogP contribution in [0.1, 0.15) is 27.5 Å². The number of benzene rings is 2. The van der Waals surface area contributed by atoms with Crippen LogP contribution in [0.25, 0.3) is 0 Å². The van der Waals surface area contributed by atoms with Crippen molar-refractivity contribution in [3.63, 3.8) is 0 Å². The highest BCUT2D eigenvalue weighted by Crippen LogP contribution is 2.43. The Bertz CT molecular complexity index is 896. The molecule has 0 saturated heterocycles. The molecular formula is C22H17BrFNO. The number of carbonyl (C=O) groups excluding carboxylic acids is 1. The summed E-state index contributed by atoms with van der Waals surface area (Å²) in [6, 6.07) is 20.7. The normalized spacial score (nSPS) is 14.2. The van der Waals surface area contributed by atoms with Crippen LogP contribution in [0.15, 0.2) is 96.1 Å². The van der Waals surface area contributed by atoms with Crippen molar-refractivity contribution in [3.05, 3.63) is 113 Å². The minimum absolute atomic E-state index is 0.0586. The van der Waals surface area contributed by atoms with E-state index >= 15 is 4.39 Å². The number of nitrogens with zero attached hydrogens (tertiary/aromatic N) is 1. The third kappa shape index (κ3) is 3.37. The van der Waals surface area contributed by atoms with E-state index in [1.165, 1.54) is 18.3 Å². The topological polar surface area (TPSA) is 30.0 Å². The van der Waals surface area contributed by atoms with Crippen LogP contribution in [0.2, 0.25) is 0 Å². The van der Waals surface area contributed by atoms with Crippen LogP contribution < -0.4 is 0 Å². The van der Waals surface area contributed by atoms with Crippen molar-refractivity contribution in [2.75, 3.05) is 0 Å². The predicted octanol–water partition coefficient (Wildman–Crippen LogP) is 5.86. The quantitative estimate of drug-likeness (QED) is 0.376. The van der Waals surface area contributed by atoms with E-state index in [1.54, 1.807) is 48.5 Å². The van der Waals surface area contributed by atoms with E-state index in [1.807, 2.05) is 18.2 Å². The molecule has 0 aliphatic rings. The first-order valence-electron chi connectivity index (χ1n) is 8.15. The fourth-order valence-corrected chi connectivity index (χ4v) is 3.23. The predicted molar refractivity (Wildman–Crippen MR) is 105 cm³/mol. The number of halogens is 2. The number of carbonyl (C=O) groups is 1. The molecular weight excluding hydrogens is 393 g/mol. The van der Waals surface area contributed by atoms with Gasteiger partial charge < -0.3 is 0 Å². The third-order valence-electron chi connectivity index (χ3n) is 4.29. The number of allylic oxidation sites excluding steroid dienone is 1. The molecule has 4 heteroatoms. The van der Waals surface area contributed by atoms with E-state index in [-0.39, 0.29) is 5.69 Å². The van der Waals surface area contributed by atoms with Crippen LogP contribution in [-0.2, 0) is 5.67 Å². The number of Topliss-reactive ketones (excluding diaryl/α,β-unsaturated/α-hetero) is 1. The van der Waals surface area contributed by atoms with Gasteiger partial charge in [-0.05, 0) is 33.6 Å². The molecule has 0 aliphatic carbocycles. The standard InChI is InChI=1S/C22H17BrFNO/c1-2-19(16-9-5-3-6-10-16)22(24,20-14-13-18(23)15-25-20)21(26)17-11-7-4-8-12-17/h2-15,19H,1H2/t19-,22+/m0/s1. The molecule has 1 heterocycles. The smallest absolute Gasteiger partial charge is 0.225 e. The molecule has 0 saturated carbocycles. The van der Waals surface area contributed by atoms with Gasteiger partial charge in [0.05, 0.1) is 5.69 Å². The van der Waals surface area contributed by atoms with Gasteiger partial charge in [-0.1, -0.05) is 66.7 Å². The molecule has 3 aromatic rings. The van der Waals surface area contributed by atoms with Crippen molar-refractivity contribution in [2.45, 2.75) is 11.6 Å². The molecule has 3 rings (SSSR count). The molecule has 130 valence electrons. The molecule has 0 bridgehead atoms. The highest BCUT2D eigenvalue weighted by Gasteiger charge is 2.48. The maximum atomic E-state index is 16.6. The van der Waals surface area contributed by atoms with Gasteiger partial charge in [-0.15, -0.1) is 6.58 Å². The van der Waals surface area contributed by atoms with Crippen molar-refractivity contribution in [1.29, 1.82) is 0 Å². The van der Waals surface area contributed by atoms with Crippen LogP contribution in [0.3, 0.4) is 0 Å². The Balaban J connectivity index is 2.20. The molecule has 2 atom stereocenters. The zero-order valence-electron chi connectivity index (χ0n) is 14.0. The van der Waals surface area contributed by atoms with Gasteiger partial charge in [-0.3, -0.25) is 9.78 Å². The van der Waals surface area contributed by atoms with Crippen LogP contribution in [0.5, 0.6) is 0 Å². The van der Waals surface area contributed by atoms with E-state index < -0.39 is 17.4 Å². The lowest BCUT2D eigenvalue weighted by atomic mass is 9.76. The Kier molecular flexibility index (Phi) is 5.43. The lowest BCUT2D eigenvalue weighted by Gasteiger charge is -2.31. The average Bonchev–Trinajstić information content (AvgIpc) is 2.69. The summed E-state index contributed by atoms with van der Waals surface area (Å²) in [6.07, 6.45) is 2.97. The van der Waals surface area contributed by atoms with Crippen LogP contribution in [-0.4, -0.2) is 10.8 Å². The molecule has 0 unspecified atom stereocenters. The van der Waals surface area contributed by atoms with Crippen molar-refractivity contribution >= 4 is 21.7 Å².